The van der Waals surface area contributed by atoms with Crippen molar-refractivity contribution in [2.75, 3.05) is 27.2 Å². The van der Waals surface area contributed by atoms with Gasteiger partial charge in [-0.15, -0.1) is 0 Å². The van der Waals surface area contributed by atoms with Crippen LogP contribution >= 0.6 is 0 Å². The summed E-state index contributed by atoms with van der Waals surface area (Å²) in [5, 5.41) is 0. The van der Waals surface area contributed by atoms with Crippen molar-refractivity contribution >= 4 is 5.91 Å². The molecule has 0 bridgehead atoms. The monoisotopic (exact) mass is 337 g/mol. The zero-order valence-electron chi connectivity index (χ0n) is 15.4. The SMILES string of the molecule is C[C@H](c1cccc(-c2ncccc2C(=O)N2CCCCC2)c1)N(C)C. The smallest absolute Gasteiger partial charge is 0.256 e. The van der Waals surface area contributed by atoms with E-state index in [9.17, 15) is 4.79 Å². The molecule has 1 aliphatic heterocycles. The van der Waals surface area contributed by atoms with Crippen LogP contribution in [0, 0.1) is 0 Å². The summed E-state index contributed by atoms with van der Waals surface area (Å²) in [6, 6.07) is 12.4. The Labute approximate surface area is 150 Å². The Morgan fingerprint density at radius 1 is 1.12 bits per heavy atom. The second-order valence-electron chi connectivity index (χ2n) is 7.02. The standard InChI is InChI=1S/C21H27N3O/c1-16(23(2)3)17-9-7-10-18(15-17)20-19(11-8-12-22-20)21(25)24-13-5-4-6-14-24/h7-12,15-16H,4-6,13-14H2,1-3H3/t16-/m1/s1. The van der Waals surface area contributed by atoms with Crippen LogP contribution in [0.3, 0.4) is 0 Å². The van der Waals surface area contributed by atoms with Crippen molar-refractivity contribution in [1.29, 1.82) is 0 Å². The van der Waals surface area contributed by atoms with Gasteiger partial charge < -0.3 is 9.80 Å². The molecule has 1 amide bonds. The molecular weight excluding hydrogens is 310 g/mol. The minimum Gasteiger partial charge on any atom is -0.339 e. The van der Waals surface area contributed by atoms with Crippen LogP contribution in [0.15, 0.2) is 42.6 Å². The van der Waals surface area contributed by atoms with Crippen LogP contribution in [-0.2, 0) is 0 Å². The molecule has 2 heterocycles. The van der Waals surface area contributed by atoms with Gasteiger partial charge >= 0.3 is 0 Å². The van der Waals surface area contributed by atoms with E-state index in [0.29, 0.717) is 11.6 Å². The molecule has 132 valence electrons. The van der Waals surface area contributed by atoms with E-state index >= 15 is 0 Å². The summed E-state index contributed by atoms with van der Waals surface area (Å²) in [7, 11) is 4.15. The van der Waals surface area contributed by atoms with E-state index in [4.69, 9.17) is 0 Å². The van der Waals surface area contributed by atoms with Gasteiger partial charge in [0.15, 0.2) is 0 Å². The van der Waals surface area contributed by atoms with E-state index in [-0.39, 0.29) is 5.91 Å². The van der Waals surface area contributed by atoms with Crippen molar-refractivity contribution in [1.82, 2.24) is 14.8 Å². The van der Waals surface area contributed by atoms with E-state index in [1.54, 1.807) is 6.20 Å². The van der Waals surface area contributed by atoms with E-state index < -0.39 is 0 Å². The number of rotatable bonds is 4. The Morgan fingerprint density at radius 3 is 2.60 bits per heavy atom. The third-order valence-corrected chi connectivity index (χ3v) is 5.10. The van der Waals surface area contributed by atoms with Crippen molar-refractivity contribution < 1.29 is 4.79 Å². The van der Waals surface area contributed by atoms with Crippen molar-refractivity contribution in [2.24, 2.45) is 0 Å². The topological polar surface area (TPSA) is 36.4 Å². The zero-order chi connectivity index (χ0) is 17.8. The number of carbonyl (C=O) groups is 1. The van der Waals surface area contributed by atoms with E-state index in [1.165, 1.54) is 12.0 Å². The van der Waals surface area contributed by atoms with Crippen LogP contribution in [0.2, 0.25) is 0 Å². The van der Waals surface area contributed by atoms with Gasteiger partial charge in [-0.05, 0) is 64.0 Å². The van der Waals surface area contributed by atoms with Gasteiger partial charge in [-0.25, -0.2) is 0 Å². The van der Waals surface area contributed by atoms with Crippen LogP contribution in [-0.4, -0.2) is 47.9 Å². The molecule has 0 radical (unpaired) electrons. The van der Waals surface area contributed by atoms with Crippen LogP contribution in [0.25, 0.3) is 11.3 Å². The number of nitrogens with zero attached hydrogens (tertiary/aromatic N) is 3. The number of hydrogen-bond donors (Lipinski definition) is 0. The molecule has 1 aromatic heterocycles. The fourth-order valence-electron chi connectivity index (χ4n) is 3.32. The third kappa shape index (κ3) is 3.90. The number of piperidine rings is 1. The Bertz CT molecular complexity index is 735. The number of hydrogen-bond acceptors (Lipinski definition) is 3. The first-order valence-electron chi connectivity index (χ1n) is 9.09. The third-order valence-electron chi connectivity index (χ3n) is 5.10. The highest BCUT2D eigenvalue weighted by Crippen LogP contribution is 2.27. The fraction of sp³-hybridized carbons (Fsp3) is 0.429. The average molecular weight is 337 g/mol. The Hall–Kier alpha value is -2.20. The second-order valence-corrected chi connectivity index (χ2v) is 7.02. The molecule has 2 aromatic rings. The summed E-state index contributed by atoms with van der Waals surface area (Å²) in [5.41, 5.74) is 3.72. The minimum atomic E-state index is 0.105. The highest BCUT2D eigenvalue weighted by atomic mass is 16.2. The highest BCUT2D eigenvalue weighted by molar-refractivity contribution is 6.00. The Morgan fingerprint density at radius 2 is 1.88 bits per heavy atom. The fourth-order valence-corrected chi connectivity index (χ4v) is 3.32. The average Bonchev–Trinajstić information content (AvgIpc) is 2.67. The Kier molecular flexibility index (Phi) is 5.49. The van der Waals surface area contributed by atoms with Gasteiger partial charge in [0.05, 0.1) is 11.3 Å². The normalized spacial score (nSPS) is 16.1. The van der Waals surface area contributed by atoms with Gasteiger partial charge in [0.1, 0.15) is 0 Å². The van der Waals surface area contributed by atoms with Crippen LogP contribution < -0.4 is 0 Å². The summed E-state index contributed by atoms with van der Waals surface area (Å²) >= 11 is 0. The quantitative estimate of drug-likeness (QED) is 0.846. The Balaban J connectivity index is 1.95. The molecule has 0 N–H and O–H groups in total. The summed E-state index contributed by atoms with van der Waals surface area (Å²) in [4.78, 5) is 21.7. The maximum absolute atomic E-state index is 13.0. The molecule has 0 saturated carbocycles. The van der Waals surface area contributed by atoms with Crippen molar-refractivity contribution in [3.63, 3.8) is 0 Å². The number of aromatic nitrogens is 1. The van der Waals surface area contributed by atoms with Crippen LogP contribution in [0.4, 0.5) is 0 Å². The molecule has 25 heavy (non-hydrogen) atoms. The van der Waals surface area contributed by atoms with Crippen molar-refractivity contribution in [3.05, 3.63) is 53.7 Å². The maximum atomic E-state index is 13.0. The molecule has 0 spiro atoms. The predicted molar refractivity (Wildman–Crippen MR) is 102 cm³/mol. The zero-order valence-corrected chi connectivity index (χ0v) is 15.4. The van der Waals surface area contributed by atoms with Crippen molar-refractivity contribution in [2.45, 2.75) is 32.2 Å². The molecular formula is C21H27N3O. The first-order valence-corrected chi connectivity index (χ1v) is 9.09. The molecule has 1 aliphatic rings. The number of benzene rings is 1. The first-order chi connectivity index (χ1) is 12.1. The van der Waals surface area contributed by atoms with E-state index in [1.807, 2.05) is 23.1 Å². The molecule has 0 unspecified atom stereocenters. The molecule has 4 nitrogen and oxygen atoms in total. The van der Waals surface area contributed by atoms with Gasteiger partial charge in [-0.3, -0.25) is 9.78 Å². The van der Waals surface area contributed by atoms with Gasteiger partial charge in [0, 0.05) is 30.9 Å². The molecule has 4 heteroatoms. The molecule has 3 rings (SSSR count). The lowest BCUT2D eigenvalue weighted by atomic mass is 9.99. The lowest BCUT2D eigenvalue weighted by molar-refractivity contribution is 0.0725. The summed E-state index contributed by atoms with van der Waals surface area (Å²) in [6.07, 6.45) is 5.17. The van der Waals surface area contributed by atoms with Crippen LogP contribution in [0.1, 0.15) is 48.1 Å². The first kappa shape index (κ1) is 17.6. The summed E-state index contributed by atoms with van der Waals surface area (Å²) in [5.74, 6) is 0.105. The lowest BCUT2D eigenvalue weighted by Crippen LogP contribution is -2.35. The minimum absolute atomic E-state index is 0.105. The molecule has 1 atom stereocenters. The molecule has 1 fully saturated rings. The second kappa shape index (κ2) is 7.79. The number of pyridine rings is 1. The number of amides is 1. The summed E-state index contributed by atoms with van der Waals surface area (Å²) < 4.78 is 0. The van der Waals surface area contributed by atoms with Gasteiger partial charge in [0.25, 0.3) is 5.91 Å². The largest absolute Gasteiger partial charge is 0.339 e. The van der Waals surface area contributed by atoms with Gasteiger partial charge in [-0.2, -0.15) is 0 Å². The van der Waals surface area contributed by atoms with E-state index in [2.05, 4.69) is 49.1 Å². The molecule has 1 aromatic carbocycles. The molecule has 1 saturated heterocycles. The number of likely N-dealkylation sites (tertiary alicyclic amines) is 1. The predicted octanol–water partition coefficient (Wildman–Crippen LogP) is 4.00. The maximum Gasteiger partial charge on any atom is 0.256 e. The molecule has 0 aliphatic carbocycles. The van der Waals surface area contributed by atoms with Gasteiger partial charge in [-0.1, -0.05) is 18.2 Å². The van der Waals surface area contributed by atoms with Crippen LogP contribution in [0.5, 0.6) is 0 Å². The lowest BCUT2D eigenvalue weighted by Gasteiger charge is -2.27. The van der Waals surface area contributed by atoms with Gasteiger partial charge in [0.2, 0.25) is 0 Å². The van der Waals surface area contributed by atoms with E-state index in [0.717, 1.165) is 37.2 Å². The summed E-state index contributed by atoms with van der Waals surface area (Å²) in [6.45, 7) is 3.88. The highest BCUT2D eigenvalue weighted by Gasteiger charge is 2.22. The number of carbonyl (C=O) groups excluding carboxylic acids is 1. The van der Waals surface area contributed by atoms with Crippen molar-refractivity contribution in [3.8, 4) is 11.3 Å².